The number of halogens is 4. The van der Waals surface area contributed by atoms with E-state index in [1.54, 1.807) is 24.3 Å². The maximum atomic E-state index is 12.4. The average Bonchev–Trinajstić information content (AvgIpc) is 3.28. The van der Waals surface area contributed by atoms with Gasteiger partial charge < -0.3 is 0 Å². The summed E-state index contributed by atoms with van der Waals surface area (Å²) in [4.78, 5) is 1.27. The van der Waals surface area contributed by atoms with Gasteiger partial charge in [0.1, 0.15) is 0 Å². The molecule has 2 saturated carbocycles. The molecule has 0 saturated heterocycles. The molecule has 61 heavy (non-hydrogen) atoms. The van der Waals surface area contributed by atoms with Crippen LogP contribution in [-0.4, -0.2) is 11.5 Å². The van der Waals surface area contributed by atoms with Gasteiger partial charge in [-0.2, -0.15) is 17.6 Å². The van der Waals surface area contributed by atoms with E-state index in [4.69, 9.17) is 0 Å². The first kappa shape index (κ1) is 49.3. The highest BCUT2D eigenvalue weighted by molar-refractivity contribution is 7.99. The van der Waals surface area contributed by atoms with Crippen molar-refractivity contribution < 1.29 is 17.6 Å². The van der Waals surface area contributed by atoms with Crippen LogP contribution in [-0.2, 0) is 25.7 Å². The van der Waals surface area contributed by atoms with Crippen LogP contribution in [0.1, 0.15) is 181 Å². The van der Waals surface area contributed by atoms with Gasteiger partial charge in [-0.05, 0) is 158 Å². The largest absolute Gasteiger partial charge is 0.288 e. The second kappa shape index (κ2) is 28.2. The molecule has 0 aliphatic heterocycles. The van der Waals surface area contributed by atoms with Gasteiger partial charge in [0.2, 0.25) is 0 Å². The molecule has 0 bridgehead atoms. The Balaban J connectivity index is 0.000000231. The third-order valence-corrected chi connectivity index (χ3v) is 14.9. The predicted molar refractivity (Wildman–Crippen MR) is 256 cm³/mol. The fourth-order valence-corrected chi connectivity index (χ4v) is 10.6. The summed E-state index contributed by atoms with van der Waals surface area (Å²) in [5.74, 6) is -1.30. The van der Waals surface area contributed by atoms with Crippen LogP contribution in [0.3, 0.4) is 0 Å². The van der Waals surface area contributed by atoms with Crippen LogP contribution in [0.15, 0.2) is 107 Å². The summed E-state index contributed by atoms with van der Waals surface area (Å²) >= 11 is 1.22. The van der Waals surface area contributed by atoms with Crippen molar-refractivity contribution in [3.8, 4) is 0 Å². The van der Waals surface area contributed by atoms with Crippen LogP contribution in [0.25, 0.3) is 0 Å². The van der Waals surface area contributed by atoms with Crippen LogP contribution in [0.4, 0.5) is 17.6 Å². The molecule has 6 heteroatoms. The molecule has 0 atom stereocenters. The van der Waals surface area contributed by atoms with Gasteiger partial charge in [0.25, 0.3) is 11.5 Å². The molecule has 0 N–H and O–H groups in total. The number of benzene rings is 4. The van der Waals surface area contributed by atoms with Crippen LogP contribution < -0.4 is 0 Å². The van der Waals surface area contributed by atoms with E-state index in [0.717, 1.165) is 49.4 Å². The Morgan fingerprint density at radius 2 is 0.689 bits per heavy atom. The minimum absolute atomic E-state index is 0.609. The Bertz CT molecular complexity index is 1710. The fourth-order valence-electron chi connectivity index (χ4n) is 9.63. The van der Waals surface area contributed by atoms with Crippen molar-refractivity contribution >= 4 is 23.5 Å². The Kier molecular flexibility index (Phi) is 22.8. The maximum Gasteiger partial charge on any atom is 0.288 e. The minimum Gasteiger partial charge on any atom is -0.198 e. The number of unbranched alkanes of at least 4 members (excludes halogenated alkanes) is 7. The lowest BCUT2D eigenvalue weighted by Crippen LogP contribution is -2.13. The summed E-state index contributed by atoms with van der Waals surface area (Å²) in [6.07, 6.45) is 30.3. The summed E-state index contributed by atoms with van der Waals surface area (Å²) in [5, 5.41) is 0. The van der Waals surface area contributed by atoms with E-state index in [2.05, 4.69) is 62.4 Å². The first-order chi connectivity index (χ1) is 29.8. The van der Waals surface area contributed by atoms with Crippen molar-refractivity contribution in [3.05, 3.63) is 130 Å². The van der Waals surface area contributed by atoms with Gasteiger partial charge in [0.15, 0.2) is 0 Å². The smallest absolute Gasteiger partial charge is 0.198 e. The summed E-state index contributed by atoms with van der Waals surface area (Å²) in [6.45, 7) is 4.57. The lowest BCUT2D eigenvalue weighted by molar-refractivity contribution is 0.251. The number of hydrogen-bond acceptors (Lipinski definition) is 2. The number of rotatable bonds is 23. The highest BCUT2D eigenvalue weighted by atomic mass is 32.2. The van der Waals surface area contributed by atoms with E-state index < -0.39 is 11.5 Å². The third-order valence-electron chi connectivity index (χ3n) is 13.5. The minimum atomic E-state index is -2.35. The van der Waals surface area contributed by atoms with E-state index in [-0.39, 0.29) is 0 Å². The number of thioether (sulfide) groups is 2. The molecule has 334 valence electrons. The van der Waals surface area contributed by atoms with Crippen molar-refractivity contribution in [2.45, 2.75) is 195 Å². The summed E-state index contributed by atoms with van der Waals surface area (Å²) in [5.41, 5.74) is 8.14. The standard InChI is InChI=1S/C28H38F2S.C27H36F2S/c1-2-3-4-5-6-7-22-10-16-25(17-11-22)26-18-12-23(13-19-26)8-9-24-14-20-27(21-15-24)31-28(29)30;1-2-3-4-5-6-21-9-15-24(16-10-21)25-17-11-22(12-18-25)7-8-23-13-19-26(20-14-23)30-27(28)29/h12-15,18-22,25,28H,2-11,16-17H2,1H3;11-14,17-21,24,27H,2-10,15-16H2,1H3. The van der Waals surface area contributed by atoms with Crippen LogP contribution in [0.5, 0.6) is 0 Å². The van der Waals surface area contributed by atoms with E-state index in [9.17, 15) is 17.6 Å². The molecule has 0 amide bonds. The Morgan fingerprint density at radius 1 is 0.393 bits per heavy atom. The molecule has 4 aromatic rings. The highest BCUT2D eigenvalue weighted by Gasteiger charge is 2.23. The fraction of sp³-hybridized carbons (Fsp3) is 0.564. The molecule has 2 aliphatic rings. The topological polar surface area (TPSA) is 0 Å². The second-order valence-electron chi connectivity index (χ2n) is 18.0. The van der Waals surface area contributed by atoms with Crippen molar-refractivity contribution in [1.82, 2.24) is 0 Å². The Hall–Kier alpha value is -2.70. The molecule has 0 nitrogen and oxygen atoms in total. The zero-order valence-electron chi connectivity index (χ0n) is 37.3. The molecular formula is C55H74F4S2. The van der Waals surface area contributed by atoms with Crippen LogP contribution >= 0.6 is 23.5 Å². The second-order valence-corrected chi connectivity index (χ2v) is 20.1. The van der Waals surface area contributed by atoms with Gasteiger partial charge in [-0.25, -0.2) is 0 Å². The molecule has 0 unspecified atom stereocenters. The predicted octanol–water partition coefficient (Wildman–Crippen LogP) is 18.5. The van der Waals surface area contributed by atoms with E-state index >= 15 is 0 Å². The first-order valence-corrected chi connectivity index (χ1v) is 25.8. The van der Waals surface area contributed by atoms with Crippen LogP contribution in [0.2, 0.25) is 0 Å². The Morgan fingerprint density at radius 3 is 1.00 bits per heavy atom. The molecule has 0 spiro atoms. The average molecular weight is 875 g/mol. The monoisotopic (exact) mass is 875 g/mol. The zero-order valence-corrected chi connectivity index (χ0v) is 38.9. The normalized spacial score (nSPS) is 19.2. The van der Waals surface area contributed by atoms with Gasteiger partial charge in [-0.1, -0.05) is 181 Å². The quantitative estimate of drug-likeness (QED) is 0.0414. The van der Waals surface area contributed by atoms with Gasteiger partial charge in [0, 0.05) is 9.79 Å². The van der Waals surface area contributed by atoms with E-state index in [1.165, 1.54) is 155 Å². The third kappa shape index (κ3) is 18.9. The Labute approximate surface area is 376 Å². The molecular weight excluding hydrogens is 801 g/mol. The van der Waals surface area contributed by atoms with Crippen LogP contribution in [0, 0.1) is 11.8 Å². The zero-order chi connectivity index (χ0) is 43.1. The van der Waals surface area contributed by atoms with Gasteiger partial charge in [0.05, 0.1) is 0 Å². The molecule has 0 radical (unpaired) electrons. The molecule has 6 rings (SSSR count). The summed E-state index contributed by atoms with van der Waals surface area (Å²) in [6, 6.07) is 33.6. The molecule has 2 fully saturated rings. The number of alkyl halides is 4. The summed E-state index contributed by atoms with van der Waals surface area (Å²) in [7, 11) is 0. The van der Waals surface area contributed by atoms with Crippen molar-refractivity contribution in [2.75, 3.05) is 0 Å². The number of hydrogen-bond donors (Lipinski definition) is 0. The maximum absolute atomic E-state index is 12.4. The van der Waals surface area contributed by atoms with Gasteiger partial charge in [-0.3, -0.25) is 0 Å². The van der Waals surface area contributed by atoms with E-state index in [0.29, 0.717) is 33.3 Å². The molecule has 2 aliphatic carbocycles. The molecule has 0 heterocycles. The van der Waals surface area contributed by atoms with Gasteiger partial charge in [-0.15, -0.1) is 0 Å². The molecule has 4 aromatic carbocycles. The lowest BCUT2D eigenvalue weighted by atomic mass is 9.77. The molecule has 0 aromatic heterocycles. The highest BCUT2D eigenvalue weighted by Crippen LogP contribution is 2.39. The van der Waals surface area contributed by atoms with Crippen molar-refractivity contribution in [1.29, 1.82) is 0 Å². The first-order valence-electron chi connectivity index (χ1n) is 24.0. The van der Waals surface area contributed by atoms with Crippen molar-refractivity contribution in [3.63, 3.8) is 0 Å². The summed E-state index contributed by atoms with van der Waals surface area (Å²) < 4.78 is 49.7. The lowest BCUT2D eigenvalue weighted by Gasteiger charge is -2.29. The van der Waals surface area contributed by atoms with Gasteiger partial charge >= 0.3 is 0 Å². The van der Waals surface area contributed by atoms with Crippen molar-refractivity contribution in [2.24, 2.45) is 11.8 Å². The SMILES string of the molecule is CCCCCCC1CCC(c2ccc(CCc3ccc(SC(F)F)cc3)cc2)CC1.CCCCCCCC1CCC(c2ccc(CCc3ccc(SC(F)F)cc3)cc2)CC1. The van der Waals surface area contributed by atoms with E-state index in [1.807, 2.05) is 24.3 Å². The number of aryl methyl sites for hydroxylation is 4.